The van der Waals surface area contributed by atoms with Gasteiger partial charge in [-0.2, -0.15) is 8.42 Å². The first-order valence-corrected chi connectivity index (χ1v) is 12.5. The SMILES string of the molecule is CCCCOC[C@H](OCCCC)[C@H]1OCO[C@@H]2COS(=O)(=O)O[C@H]2[C@@H]1OCCCC. The molecule has 178 valence electrons. The highest BCUT2D eigenvalue weighted by atomic mass is 32.3. The van der Waals surface area contributed by atoms with Crippen LogP contribution >= 0.6 is 0 Å². The van der Waals surface area contributed by atoms with Gasteiger partial charge in [0.25, 0.3) is 0 Å². The minimum atomic E-state index is -4.11. The van der Waals surface area contributed by atoms with Crippen LogP contribution in [0.2, 0.25) is 0 Å². The van der Waals surface area contributed by atoms with E-state index >= 15 is 0 Å². The summed E-state index contributed by atoms with van der Waals surface area (Å²) in [5.41, 5.74) is 0. The Hall–Kier alpha value is -0.330. The molecule has 30 heavy (non-hydrogen) atoms. The smallest absolute Gasteiger partial charge is 0.379 e. The van der Waals surface area contributed by atoms with Crippen molar-refractivity contribution < 1.29 is 40.5 Å². The van der Waals surface area contributed by atoms with Crippen molar-refractivity contribution in [2.24, 2.45) is 0 Å². The van der Waals surface area contributed by atoms with Gasteiger partial charge in [-0.3, -0.25) is 0 Å². The molecule has 10 heteroatoms. The van der Waals surface area contributed by atoms with Crippen LogP contribution in [-0.2, 0) is 42.4 Å². The van der Waals surface area contributed by atoms with Gasteiger partial charge in [0.2, 0.25) is 0 Å². The van der Waals surface area contributed by atoms with Crippen molar-refractivity contribution in [3.8, 4) is 0 Å². The predicted molar refractivity (Wildman–Crippen MR) is 109 cm³/mol. The summed E-state index contributed by atoms with van der Waals surface area (Å²) in [6, 6.07) is 0. The quantitative estimate of drug-likeness (QED) is 0.367. The van der Waals surface area contributed by atoms with E-state index in [9.17, 15) is 8.42 Å². The summed E-state index contributed by atoms with van der Waals surface area (Å²) in [6.45, 7) is 8.04. The van der Waals surface area contributed by atoms with Crippen LogP contribution in [0.1, 0.15) is 59.3 Å². The lowest BCUT2D eigenvalue weighted by Crippen LogP contribution is -2.56. The molecule has 2 rings (SSSR count). The number of fused-ring (bicyclic) bond motifs is 1. The second-order valence-electron chi connectivity index (χ2n) is 7.59. The van der Waals surface area contributed by atoms with E-state index in [0.29, 0.717) is 26.4 Å². The van der Waals surface area contributed by atoms with Crippen molar-refractivity contribution in [3.05, 3.63) is 0 Å². The summed E-state index contributed by atoms with van der Waals surface area (Å²) in [5.74, 6) is 0. The zero-order valence-electron chi connectivity index (χ0n) is 18.5. The topological polar surface area (TPSA) is 98.8 Å². The Bertz CT molecular complexity index is 556. The maximum atomic E-state index is 12.0. The van der Waals surface area contributed by atoms with E-state index in [-0.39, 0.29) is 13.4 Å². The van der Waals surface area contributed by atoms with E-state index in [1.165, 1.54) is 0 Å². The molecule has 0 amide bonds. The largest absolute Gasteiger partial charge is 0.400 e. The lowest BCUT2D eigenvalue weighted by molar-refractivity contribution is -0.177. The Morgan fingerprint density at radius 1 is 0.967 bits per heavy atom. The zero-order chi connectivity index (χ0) is 21.8. The number of rotatable bonds is 14. The maximum Gasteiger partial charge on any atom is 0.400 e. The van der Waals surface area contributed by atoms with Gasteiger partial charge in [0.1, 0.15) is 37.3 Å². The molecule has 2 fully saturated rings. The summed E-state index contributed by atoms with van der Waals surface area (Å²) in [7, 11) is -4.11. The van der Waals surface area contributed by atoms with Gasteiger partial charge in [0.05, 0.1) is 13.2 Å². The normalized spacial score (nSPS) is 29.8. The third-order valence-electron chi connectivity index (χ3n) is 5.09. The monoisotopic (exact) mass is 454 g/mol. The van der Waals surface area contributed by atoms with Gasteiger partial charge in [-0.15, -0.1) is 0 Å². The van der Waals surface area contributed by atoms with Gasteiger partial charge >= 0.3 is 10.4 Å². The van der Waals surface area contributed by atoms with Gasteiger partial charge in [0.15, 0.2) is 0 Å². The summed E-state index contributed by atoms with van der Waals surface area (Å²) >= 11 is 0. The minimum Gasteiger partial charge on any atom is -0.379 e. The van der Waals surface area contributed by atoms with E-state index in [0.717, 1.165) is 38.5 Å². The van der Waals surface area contributed by atoms with Gasteiger partial charge < -0.3 is 23.7 Å². The van der Waals surface area contributed by atoms with Crippen LogP contribution in [0.15, 0.2) is 0 Å². The molecule has 0 spiro atoms. The summed E-state index contributed by atoms with van der Waals surface area (Å²) < 4.78 is 63.7. The first-order valence-electron chi connectivity index (χ1n) is 11.1. The van der Waals surface area contributed by atoms with Gasteiger partial charge in [-0.25, -0.2) is 8.37 Å². The van der Waals surface area contributed by atoms with Crippen molar-refractivity contribution in [1.29, 1.82) is 0 Å². The molecule has 0 saturated carbocycles. The second-order valence-corrected chi connectivity index (χ2v) is 8.83. The van der Waals surface area contributed by atoms with E-state index < -0.39 is 40.9 Å². The van der Waals surface area contributed by atoms with Gasteiger partial charge in [-0.05, 0) is 19.3 Å². The van der Waals surface area contributed by atoms with E-state index in [4.69, 9.17) is 32.1 Å². The van der Waals surface area contributed by atoms with Crippen molar-refractivity contribution >= 4 is 10.4 Å². The average molecular weight is 455 g/mol. The van der Waals surface area contributed by atoms with Gasteiger partial charge in [-0.1, -0.05) is 40.0 Å². The molecule has 0 unspecified atom stereocenters. The third-order valence-corrected chi connectivity index (χ3v) is 5.97. The Kier molecular flexibility index (Phi) is 12.1. The van der Waals surface area contributed by atoms with Crippen LogP contribution < -0.4 is 0 Å². The Labute approximate surface area is 180 Å². The average Bonchev–Trinajstić information content (AvgIpc) is 2.89. The van der Waals surface area contributed by atoms with Crippen molar-refractivity contribution in [2.75, 3.05) is 39.8 Å². The minimum absolute atomic E-state index is 0.0329. The fourth-order valence-corrected chi connectivity index (χ4v) is 4.16. The van der Waals surface area contributed by atoms with Crippen LogP contribution in [0.25, 0.3) is 0 Å². The van der Waals surface area contributed by atoms with Crippen LogP contribution in [0, 0.1) is 0 Å². The van der Waals surface area contributed by atoms with Crippen molar-refractivity contribution in [3.63, 3.8) is 0 Å². The predicted octanol–water partition coefficient (Wildman–Crippen LogP) is 2.58. The first-order chi connectivity index (χ1) is 14.5. The number of ether oxygens (including phenoxy) is 5. The molecule has 0 aromatic heterocycles. The molecular weight excluding hydrogens is 416 g/mol. The highest BCUT2D eigenvalue weighted by Crippen LogP contribution is 2.30. The molecule has 0 bridgehead atoms. The molecule has 9 nitrogen and oxygen atoms in total. The number of hydrogen-bond acceptors (Lipinski definition) is 9. The highest BCUT2D eigenvalue weighted by Gasteiger charge is 2.49. The third kappa shape index (κ3) is 8.31. The molecule has 2 aliphatic heterocycles. The second kappa shape index (κ2) is 13.9. The first kappa shape index (κ1) is 25.9. The van der Waals surface area contributed by atoms with E-state index in [2.05, 4.69) is 20.8 Å². The molecule has 0 aromatic rings. The molecule has 0 aliphatic carbocycles. The van der Waals surface area contributed by atoms with Crippen LogP contribution in [-0.4, -0.2) is 78.8 Å². The Balaban J connectivity index is 2.19. The molecule has 2 saturated heterocycles. The Morgan fingerprint density at radius 2 is 1.67 bits per heavy atom. The molecule has 0 N–H and O–H groups in total. The van der Waals surface area contributed by atoms with E-state index in [1.807, 2.05) is 0 Å². The molecule has 5 atom stereocenters. The lowest BCUT2D eigenvalue weighted by atomic mass is 9.99. The Morgan fingerprint density at radius 3 is 2.40 bits per heavy atom. The molecule has 2 heterocycles. The zero-order valence-corrected chi connectivity index (χ0v) is 19.3. The van der Waals surface area contributed by atoms with Crippen LogP contribution in [0.3, 0.4) is 0 Å². The van der Waals surface area contributed by atoms with Crippen LogP contribution in [0.5, 0.6) is 0 Å². The highest BCUT2D eigenvalue weighted by molar-refractivity contribution is 7.81. The molecule has 0 radical (unpaired) electrons. The molecule has 2 aliphatic rings. The molecular formula is C20H38O9S. The summed E-state index contributed by atoms with van der Waals surface area (Å²) in [6.07, 6.45) is 2.47. The number of unbranched alkanes of at least 4 members (excludes halogenated alkanes) is 3. The standard InChI is InChI=1S/C20H38O9S/c1-4-7-10-23-13-16(24-11-8-5-2)18-20(25-12-9-6-3)19-17(26-15-27-18)14-28-30(21,22)29-19/h16-20H,4-15H2,1-3H3/t16-,17+,18+,19+,20+/m0/s1. The summed E-state index contributed by atoms with van der Waals surface area (Å²) in [4.78, 5) is 0. The fraction of sp³-hybridized carbons (Fsp3) is 1.00. The van der Waals surface area contributed by atoms with Crippen LogP contribution in [0.4, 0.5) is 0 Å². The van der Waals surface area contributed by atoms with Crippen molar-refractivity contribution in [2.45, 2.75) is 89.8 Å². The molecule has 0 aromatic carbocycles. The van der Waals surface area contributed by atoms with Gasteiger partial charge in [0, 0.05) is 19.8 Å². The maximum absolute atomic E-state index is 12.0. The fourth-order valence-electron chi connectivity index (χ4n) is 3.30. The van der Waals surface area contributed by atoms with Crippen molar-refractivity contribution in [1.82, 2.24) is 0 Å². The summed E-state index contributed by atoms with van der Waals surface area (Å²) in [5, 5.41) is 0. The number of hydrogen-bond donors (Lipinski definition) is 0. The van der Waals surface area contributed by atoms with E-state index in [1.54, 1.807) is 0 Å². The lowest BCUT2D eigenvalue weighted by Gasteiger charge is -2.37.